The zero-order valence-electron chi connectivity index (χ0n) is 9.90. The van der Waals surface area contributed by atoms with Crippen molar-refractivity contribution in [3.05, 3.63) is 29.2 Å². The zero-order chi connectivity index (χ0) is 13.1. The first-order valence-electron chi connectivity index (χ1n) is 5.47. The second-order valence-corrected chi connectivity index (χ2v) is 3.73. The summed E-state index contributed by atoms with van der Waals surface area (Å²) < 4.78 is 5.32. The van der Waals surface area contributed by atoms with E-state index in [0.717, 1.165) is 0 Å². The summed E-state index contributed by atoms with van der Waals surface area (Å²) in [5, 5.41) is 9.01. The van der Waals surface area contributed by atoms with Gasteiger partial charge in [-0.3, -0.25) is 0 Å². The van der Waals surface area contributed by atoms with Crippen molar-refractivity contribution in [3.63, 3.8) is 0 Å². The Morgan fingerprint density at radius 2 is 2.33 bits per heavy atom. The number of nitrogens with one attached hydrogen (secondary N) is 2. The summed E-state index contributed by atoms with van der Waals surface area (Å²) in [6, 6.07) is 3.43. The highest BCUT2D eigenvalue weighted by atomic mass is 16.5. The molecule has 1 atom stereocenters. The number of ether oxygens (including phenoxy) is 1. The molecule has 18 heavy (non-hydrogen) atoms. The van der Waals surface area contributed by atoms with E-state index in [2.05, 4.69) is 15.8 Å². The number of nitrogen functional groups attached to an aromatic ring is 1. The second kappa shape index (κ2) is 4.81. The molecule has 0 fully saturated rings. The number of nitrogens with zero attached hydrogens (tertiary/aromatic N) is 2. The summed E-state index contributed by atoms with van der Waals surface area (Å²) in [5.74, 6) is 0.762. The van der Waals surface area contributed by atoms with Gasteiger partial charge in [-0.1, -0.05) is 0 Å². The molecule has 0 spiro atoms. The Labute approximate surface area is 104 Å². The third kappa shape index (κ3) is 2.14. The van der Waals surface area contributed by atoms with Crippen molar-refractivity contribution in [1.82, 2.24) is 15.8 Å². The van der Waals surface area contributed by atoms with Crippen LogP contribution in [0.5, 0.6) is 5.88 Å². The van der Waals surface area contributed by atoms with Crippen LogP contribution in [0.15, 0.2) is 18.0 Å². The summed E-state index contributed by atoms with van der Waals surface area (Å²) >= 11 is 0. The van der Waals surface area contributed by atoms with Gasteiger partial charge in [-0.25, -0.2) is 10.4 Å². The van der Waals surface area contributed by atoms with Gasteiger partial charge in [0.25, 0.3) is 0 Å². The number of aromatic nitrogens is 1. The number of hydrogen-bond donors (Lipinski definition) is 4. The molecule has 6 N–H and O–H groups in total. The van der Waals surface area contributed by atoms with Gasteiger partial charge in [0.05, 0.1) is 24.0 Å². The van der Waals surface area contributed by atoms with Crippen molar-refractivity contribution in [1.29, 1.82) is 5.26 Å². The maximum absolute atomic E-state index is 9.01. The first-order valence-corrected chi connectivity index (χ1v) is 5.47. The molecule has 0 aliphatic carbocycles. The fraction of sp³-hybridized carbons (Fsp3) is 0.273. The molecule has 0 radical (unpaired) electrons. The number of pyridine rings is 1. The molecule has 0 amide bonds. The molecular formula is C11H14N6O. The van der Waals surface area contributed by atoms with Crippen LogP contribution in [0.4, 0.5) is 5.69 Å². The maximum atomic E-state index is 9.01. The topological polar surface area (TPSA) is 122 Å². The zero-order valence-corrected chi connectivity index (χ0v) is 9.90. The normalized spacial score (nSPS) is 17.8. The average molecular weight is 246 g/mol. The highest BCUT2D eigenvalue weighted by molar-refractivity contribution is 5.60. The third-order valence-corrected chi connectivity index (χ3v) is 2.47. The van der Waals surface area contributed by atoms with E-state index in [1.54, 1.807) is 12.1 Å². The first-order chi connectivity index (χ1) is 8.65. The molecule has 1 unspecified atom stereocenters. The molecule has 0 saturated heterocycles. The fourth-order valence-electron chi connectivity index (χ4n) is 1.66. The van der Waals surface area contributed by atoms with E-state index in [1.807, 2.05) is 13.0 Å². The van der Waals surface area contributed by atoms with Crippen LogP contribution in [-0.2, 0) is 0 Å². The molecule has 2 heterocycles. The highest BCUT2D eigenvalue weighted by Crippen LogP contribution is 2.26. The molecule has 0 bridgehead atoms. The van der Waals surface area contributed by atoms with E-state index in [-0.39, 0.29) is 17.5 Å². The Morgan fingerprint density at radius 1 is 1.56 bits per heavy atom. The second-order valence-electron chi connectivity index (χ2n) is 3.73. The number of nitriles is 1. The lowest BCUT2D eigenvalue weighted by molar-refractivity contribution is 0.324. The number of anilines is 1. The summed E-state index contributed by atoms with van der Waals surface area (Å²) in [7, 11) is 0. The number of hydrazine groups is 1. The molecule has 7 nitrogen and oxygen atoms in total. The monoisotopic (exact) mass is 246 g/mol. The minimum atomic E-state index is -0.195. The third-order valence-electron chi connectivity index (χ3n) is 2.47. The first kappa shape index (κ1) is 12.0. The van der Waals surface area contributed by atoms with Crippen molar-refractivity contribution < 1.29 is 4.74 Å². The lowest BCUT2D eigenvalue weighted by atomic mass is 10.1. The van der Waals surface area contributed by atoms with Crippen molar-refractivity contribution >= 4 is 5.69 Å². The number of hydrogen-bond acceptors (Lipinski definition) is 7. The fourth-order valence-corrected chi connectivity index (χ4v) is 1.66. The van der Waals surface area contributed by atoms with E-state index in [1.165, 1.54) is 0 Å². The van der Waals surface area contributed by atoms with E-state index in [0.29, 0.717) is 23.8 Å². The van der Waals surface area contributed by atoms with Crippen molar-refractivity contribution in [2.45, 2.75) is 13.0 Å². The molecule has 1 aliphatic heterocycles. The summed E-state index contributed by atoms with van der Waals surface area (Å²) in [4.78, 5) is 4.28. The quantitative estimate of drug-likeness (QED) is 0.586. The Kier molecular flexibility index (Phi) is 3.21. The highest BCUT2D eigenvalue weighted by Gasteiger charge is 2.20. The summed E-state index contributed by atoms with van der Waals surface area (Å²) in [6.07, 6.45) is 1.77. The SMILES string of the molecule is CCOc1nc(C2C=C(N)NN2)cc(N)c1C#N. The van der Waals surface area contributed by atoms with Crippen molar-refractivity contribution in [3.8, 4) is 11.9 Å². The van der Waals surface area contributed by atoms with Crippen LogP contribution in [-0.4, -0.2) is 11.6 Å². The van der Waals surface area contributed by atoms with Crippen LogP contribution in [0.1, 0.15) is 24.2 Å². The Bertz CT molecular complexity index is 533. The Balaban J connectivity index is 2.42. The molecule has 94 valence electrons. The Hall–Kier alpha value is -2.46. The van der Waals surface area contributed by atoms with Gasteiger partial charge in [-0.2, -0.15) is 5.26 Å². The Morgan fingerprint density at radius 3 is 2.89 bits per heavy atom. The summed E-state index contributed by atoms with van der Waals surface area (Å²) in [6.45, 7) is 2.23. The van der Waals surface area contributed by atoms with Crippen LogP contribution in [0, 0.1) is 11.3 Å². The molecular weight excluding hydrogens is 232 g/mol. The van der Waals surface area contributed by atoms with Crippen LogP contribution in [0.3, 0.4) is 0 Å². The lowest BCUT2D eigenvalue weighted by Crippen LogP contribution is -2.29. The maximum Gasteiger partial charge on any atom is 0.234 e. The van der Waals surface area contributed by atoms with Gasteiger partial charge >= 0.3 is 0 Å². The van der Waals surface area contributed by atoms with Crippen LogP contribution >= 0.6 is 0 Å². The predicted molar refractivity (Wildman–Crippen MR) is 65.8 cm³/mol. The molecule has 1 aromatic rings. The molecule has 1 aliphatic rings. The smallest absolute Gasteiger partial charge is 0.234 e. The summed E-state index contributed by atoms with van der Waals surface area (Å²) in [5.41, 5.74) is 18.4. The lowest BCUT2D eigenvalue weighted by Gasteiger charge is -2.12. The van der Waals surface area contributed by atoms with Crippen molar-refractivity contribution in [2.24, 2.45) is 5.73 Å². The standard InChI is InChI=1S/C11H14N6O/c1-2-18-11-6(5-12)7(13)3-8(15-11)9-4-10(14)17-16-9/h3-4,9,16-17H,2,14H2,1H3,(H2,13,15). The van der Waals surface area contributed by atoms with Gasteiger partial charge in [0, 0.05) is 0 Å². The van der Waals surface area contributed by atoms with Crippen LogP contribution < -0.4 is 27.1 Å². The van der Waals surface area contributed by atoms with Gasteiger partial charge in [-0.05, 0) is 19.1 Å². The predicted octanol–water partition coefficient (Wildman–Crippen LogP) is -0.117. The molecule has 7 heteroatoms. The van der Waals surface area contributed by atoms with Gasteiger partial charge in [0.2, 0.25) is 5.88 Å². The van der Waals surface area contributed by atoms with E-state index < -0.39 is 0 Å². The van der Waals surface area contributed by atoms with E-state index >= 15 is 0 Å². The minimum Gasteiger partial charge on any atom is -0.477 e. The molecule has 2 rings (SSSR count). The van der Waals surface area contributed by atoms with Gasteiger partial charge < -0.3 is 21.6 Å². The van der Waals surface area contributed by atoms with Crippen LogP contribution in [0.2, 0.25) is 0 Å². The average Bonchev–Trinajstić information content (AvgIpc) is 2.76. The molecule has 1 aromatic heterocycles. The molecule has 0 saturated carbocycles. The van der Waals surface area contributed by atoms with Crippen LogP contribution in [0.25, 0.3) is 0 Å². The van der Waals surface area contributed by atoms with E-state index in [9.17, 15) is 0 Å². The van der Waals surface area contributed by atoms with Gasteiger partial charge in [-0.15, -0.1) is 0 Å². The largest absolute Gasteiger partial charge is 0.477 e. The van der Waals surface area contributed by atoms with Gasteiger partial charge in [0.15, 0.2) is 0 Å². The van der Waals surface area contributed by atoms with Crippen molar-refractivity contribution in [2.75, 3.05) is 12.3 Å². The van der Waals surface area contributed by atoms with Gasteiger partial charge in [0.1, 0.15) is 17.5 Å². The number of rotatable bonds is 3. The number of nitrogens with two attached hydrogens (primary N) is 2. The molecule has 0 aromatic carbocycles. The minimum absolute atomic E-state index is 0.195. The van der Waals surface area contributed by atoms with E-state index in [4.69, 9.17) is 21.5 Å².